The molecule has 3 fully saturated rings. The van der Waals surface area contributed by atoms with Crippen LogP contribution in [-0.2, 0) is 44.7 Å². The van der Waals surface area contributed by atoms with Gasteiger partial charge in [0.1, 0.15) is 12.6 Å². The molecule has 0 spiro atoms. The largest absolute Gasteiger partial charge is 0.418 e. The summed E-state index contributed by atoms with van der Waals surface area (Å²) in [5.74, 6) is -1.02. The van der Waals surface area contributed by atoms with E-state index in [4.69, 9.17) is 15.3 Å². The lowest BCUT2D eigenvalue weighted by molar-refractivity contribution is -0.136. The van der Waals surface area contributed by atoms with Crippen molar-refractivity contribution in [3.8, 4) is 5.69 Å². The van der Waals surface area contributed by atoms with E-state index < -0.39 is 17.4 Å². The van der Waals surface area contributed by atoms with Gasteiger partial charge in [-0.3, -0.25) is 38.4 Å². The molecule has 4 N–H and O–H groups in total. The Hall–Kier alpha value is -7.65. The summed E-state index contributed by atoms with van der Waals surface area (Å²) in [5, 5.41) is 11.9. The Morgan fingerprint density at radius 2 is 1.51 bits per heavy atom. The van der Waals surface area contributed by atoms with E-state index in [1.807, 2.05) is 50.1 Å². The first-order valence-electron chi connectivity index (χ1n) is 27.0. The molecule has 1 saturated carbocycles. The number of likely N-dealkylation sites (tertiary alicyclic amines) is 1. The summed E-state index contributed by atoms with van der Waals surface area (Å²) in [6.45, 7) is 13.1. The van der Waals surface area contributed by atoms with Gasteiger partial charge in [0.25, 0.3) is 11.8 Å². The van der Waals surface area contributed by atoms with Gasteiger partial charge in [-0.05, 0) is 91.3 Å². The molecule has 2 aromatic heterocycles. The van der Waals surface area contributed by atoms with Gasteiger partial charge in [0.2, 0.25) is 12.3 Å². The number of piperidine rings is 1. The number of imidazole rings is 1. The maximum absolute atomic E-state index is 14.5. The molecule has 0 unspecified atom stereocenters. The Labute approximate surface area is 460 Å². The van der Waals surface area contributed by atoms with Crippen LogP contribution in [0.4, 0.5) is 24.5 Å². The number of unbranched alkanes of at least 4 members (excludes halogenated alkanes) is 1. The van der Waals surface area contributed by atoms with Gasteiger partial charge in [-0.15, -0.1) is 5.10 Å². The molecule has 0 atom stereocenters. The van der Waals surface area contributed by atoms with Crippen LogP contribution in [0.1, 0.15) is 115 Å². The number of hydrogen-bond donors (Lipinski definition) is 3. The van der Waals surface area contributed by atoms with Crippen molar-refractivity contribution in [2.24, 2.45) is 15.9 Å². The number of nitrogens with zero attached hydrogens (tertiary/aromatic N) is 8. The van der Waals surface area contributed by atoms with Crippen molar-refractivity contribution in [3.05, 3.63) is 129 Å². The smallest absolute Gasteiger partial charge is 0.378 e. The van der Waals surface area contributed by atoms with Gasteiger partial charge in [-0.2, -0.15) is 18.3 Å². The van der Waals surface area contributed by atoms with E-state index in [9.17, 15) is 37.1 Å². The lowest BCUT2D eigenvalue weighted by Gasteiger charge is -2.38. The van der Waals surface area contributed by atoms with Gasteiger partial charge >= 0.3 is 11.9 Å². The van der Waals surface area contributed by atoms with Crippen LogP contribution in [0, 0.1) is 0 Å². The Balaban J connectivity index is 0.000000551. The number of likely N-dealkylation sites (N-methyl/N-ethyl adjacent to an activating group) is 1. The number of pyridine rings is 1. The highest BCUT2D eigenvalue weighted by Gasteiger charge is 2.35. The van der Waals surface area contributed by atoms with Crippen LogP contribution >= 0.6 is 0 Å². The Kier molecular flexibility index (Phi) is 24.9. The van der Waals surface area contributed by atoms with Gasteiger partial charge in [0.05, 0.1) is 46.3 Å². The molecule has 79 heavy (non-hydrogen) atoms. The molecule has 2 saturated heterocycles. The standard InChI is InChI=1S/C45H48F3N9O4.C5H9NO2.C4H8.C2H5NO.C2H6/c1-49-50-30-52(2)17-13-32-5-3-6-35(25-32)56-29-40-38(45(46,47)48)26-33(28-57(40)44(56)60)27-53-18-14-36(15-19-53)61-24-16-31-9-11-34(12-10-31)54-20-22-55(23-21-54)39-8-4-7-37-41(39)43(59)51-42(37)58;6-5(8)3-1-2-4-7;1-2-4-3-1;1-3-2-4;1-2/h3-12,25-26,28-30,36H,1,13-24,27H2,2H3,(H,51,58,59);4H,1-3H2,(H2,6,8);1-4H2;2H,1H3,(H,3,4);1-2H3/b50-30-;;;;. The number of aromatic nitrogens is 2. The molecule has 18 nitrogen and oxygen atoms in total. The van der Waals surface area contributed by atoms with Gasteiger partial charge in [0, 0.05) is 104 Å². The molecular formula is C58H76F3N11O7. The molecule has 426 valence electrons. The van der Waals surface area contributed by atoms with Gasteiger partial charge < -0.3 is 35.3 Å². The van der Waals surface area contributed by atoms with Crippen molar-refractivity contribution >= 4 is 60.4 Å². The summed E-state index contributed by atoms with van der Waals surface area (Å²) in [4.78, 5) is 75.3. The molecule has 1 aliphatic carbocycles. The van der Waals surface area contributed by atoms with Crippen molar-refractivity contribution in [1.82, 2.24) is 29.4 Å². The third-order valence-corrected chi connectivity index (χ3v) is 13.6. The monoisotopic (exact) mass is 1100 g/mol. The van der Waals surface area contributed by atoms with Crippen molar-refractivity contribution < 1.29 is 41.9 Å². The minimum absolute atomic E-state index is 0.0557. The van der Waals surface area contributed by atoms with Crippen LogP contribution in [0.2, 0.25) is 0 Å². The number of rotatable bonds is 19. The quantitative estimate of drug-likeness (QED) is 0.0185. The van der Waals surface area contributed by atoms with Crippen LogP contribution in [-0.4, -0.2) is 135 Å². The van der Waals surface area contributed by atoms with Crippen LogP contribution in [0.3, 0.4) is 0 Å². The molecule has 3 aromatic carbocycles. The SMILES string of the molecule is C1CCC1.C=N/N=C\N(C)CCc1cccc(-n2cc3c(C(F)(F)F)cc(CN4CCC(OCCc5ccc(N6CCN(c7cccc8c7C(=O)NC8=O)CC6)cc5)CC4)cn3c2=O)c1.CC.CNC=O.NC(=O)CCCC=O. The number of primary amides is 1. The Morgan fingerprint density at radius 3 is 2.11 bits per heavy atom. The summed E-state index contributed by atoms with van der Waals surface area (Å²) in [6.07, 6.45) is 11.4. The number of imide groups is 1. The fourth-order valence-corrected chi connectivity index (χ4v) is 9.08. The summed E-state index contributed by atoms with van der Waals surface area (Å²) in [7, 11) is 3.41. The third-order valence-electron chi connectivity index (χ3n) is 13.6. The first kappa shape index (κ1) is 62.2. The number of hydrogen-bond acceptors (Lipinski definition) is 12. The number of nitrogens with one attached hydrogen (secondary N) is 2. The van der Waals surface area contributed by atoms with Crippen molar-refractivity contribution in [2.45, 2.75) is 103 Å². The maximum atomic E-state index is 14.5. The highest BCUT2D eigenvalue weighted by molar-refractivity contribution is 6.23. The average molecular weight is 1100 g/mol. The minimum atomic E-state index is -4.65. The predicted molar refractivity (Wildman–Crippen MR) is 303 cm³/mol. The second-order valence-corrected chi connectivity index (χ2v) is 19.1. The molecule has 3 aliphatic heterocycles. The van der Waals surface area contributed by atoms with E-state index in [0.717, 1.165) is 73.1 Å². The first-order chi connectivity index (χ1) is 38.1. The summed E-state index contributed by atoms with van der Waals surface area (Å²) in [6, 6.07) is 22.3. The summed E-state index contributed by atoms with van der Waals surface area (Å²) >= 11 is 0. The van der Waals surface area contributed by atoms with E-state index in [1.54, 1.807) is 31.6 Å². The number of nitrogens with two attached hydrogens (primary N) is 1. The number of fused-ring (bicyclic) bond motifs is 2. The Morgan fingerprint density at radius 1 is 0.848 bits per heavy atom. The van der Waals surface area contributed by atoms with Crippen LogP contribution < -0.4 is 31.9 Å². The van der Waals surface area contributed by atoms with Crippen LogP contribution in [0.5, 0.6) is 0 Å². The van der Waals surface area contributed by atoms with Crippen molar-refractivity contribution in [3.63, 3.8) is 0 Å². The molecule has 0 radical (unpaired) electrons. The van der Waals surface area contributed by atoms with E-state index in [-0.39, 0.29) is 35.9 Å². The summed E-state index contributed by atoms with van der Waals surface area (Å²) in [5.41, 5.74) is 8.99. The van der Waals surface area contributed by atoms with Gasteiger partial charge in [-0.25, -0.2) is 4.79 Å². The number of anilines is 2. The highest BCUT2D eigenvalue weighted by atomic mass is 19.4. The molecule has 9 rings (SSSR count). The lowest BCUT2D eigenvalue weighted by Crippen LogP contribution is -2.47. The number of aldehydes is 1. The molecule has 4 aliphatic rings. The minimum Gasteiger partial charge on any atom is -0.378 e. The number of amides is 4. The fraction of sp³-hybridized carbons (Fsp3) is 0.448. The number of piperazine rings is 1. The average Bonchev–Trinajstić information content (AvgIpc) is 4.20. The molecule has 21 heteroatoms. The number of benzene rings is 3. The third kappa shape index (κ3) is 18.5. The van der Waals surface area contributed by atoms with E-state index in [1.165, 1.54) is 54.3 Å². The first-order valence-corrected chi connectivity index (χ1v) is 27.0. The molecule has 5 aromatic rings. The number of alkyl halides is 3. The second-order valence-electron chi connectivity index (χ2n) is 19.1. The zero-order chi connectivity index (χ0) is 57.3. The normalized spacial score (nSPS) is 15.1. The second kappa shape index (κ2) is 31.7. The molecular weight excluding hydrogens is 1020 g/mol. The fourth-order valence-electron chi connectivity index (χ4n) is 9.08. The number of ether oxygens (including phenoxy) is 1. The number of carbonyl (C=O) groups excluding carboxylic acids is 5. The predicted octanol–water partition coefficient (Wildman–Crippen LogP) is 7.45. The molecule has 0 bridgehead atoms. The zero-order valence-corrected chi connectivity index (χ0v) is 45.9. The van der Waals surface area contributed by atoms with Gasteiger partial charge in [0.15, 0.2) is 0 Å². The van der Waals surface area contributed by atoms with E-state index in [2.05, 4.69) is 66.5 Å². The zero-order valence-electron chi connectivity index (χ0n) is 45.9. The van der Waals surface area contributed by atoms with Crippen molar-refractivity contribution in [2.75, 3.05) is 76.3 Å². The van der Waals surface area contributed by atoms with E-state index in [0.29, 0.717) is 80.7 Å². The van der Waals surface area contributed by atoms with E-state index >= 15 is 0 Å². The van der Waals surface area contributed by atoms with Gasteiger partial charge in [-0.1, -0.05) is 69.9 Å². The number of halogens is 3. The van der Waals surface area contributed by atoms with Crippen LogP contribution in [0.25, 0.3) is 11.2 Å². The maximum Gasteiger partial charge on any atom is 0.418 e. The van der Waals surface area contributed by atoms with Crippen LogP contribution in [0.15, 0.2) is 100 Å². The summed E-state index contributed by atoms with van der Waals surface area (Å²) < 4.78 is 52.0. The molecule has 4 amide bonds. The van der Waals surface area contributed by atoms with Crippen molar-refractivity contribution in [1.29, 1.82) is 0 Å². The highest BCUT2D eigenvalue weighted by Crippen LogP contribution is 2.34. The Bertz CT molecular complexity index is 2860. The number of carbonyl (C=O) groups is 5. The molecule has 5 heterocycles. The lowest BCUT2D eigenvalue weighted by atomic mass is 10.0. The topological polar surface area (TPSA) is 209 Å².